The molecule has 2 fully saturated rings. The van der Waals surface area contributed by atoms with Crippen molar-refractivity contribution < 1.29 is 4.74 Å². The Labute approximate surface area is 128 Å². The van der Waals surface area contributed by atoms with E-state index >= 15 is 0 Å². The van der Waals surface area contributed by atoms with E-state index in [0.29, 0.717) is 12.1 Å². The number of piperidine rings is 1. The van der Waals surface area contributed by atoms with Gasteiger partial charge in [-0.1, -0.05) is 19.1 Å². The molecule has 0 aliphatic carbocycles. The van der Waals surface area contributed by atoms with Crippen molar-refractivity contribution in [3.8, 4) is 5.75 Å². The summed E-state index contributed by atoms with van der Waals surface area (Å²) in [6, 6.07) is 10.5. The van der Waals surface area contributed by atoms with E-state index in [1.54, 1.807) is 7.11 Å². The molecule has 0 saturated carbocycles. The summed E-state index contributed by atoms with van der Waals surface area (Å²) >= 11 is 0. The van der Waals surface area contributed by atoms with Gasteiger partial charge in [-0.25, -0.2) is 0 Å². The Balaban J connectivity index is 1.61. The molecule has 2 heterocycles. The minimum Gasteiger partial charge on any atom is -0.497 e. The lowest BCUT2D eigenvalue weighted by Crippen LogP contribution is -2.46. The lowest BCUT2D eigenvalue weighted by Gasteiger charge is -2.37. The van der Waals surface area contributed by atoms with Crippen LogP contribution in [0.25, 0.3) is 0 Å². The number of nitrogens with zero attached hydrogens (tertiary/aromatic N) is 1. The minimum absolute atomic E-state index is 0.467. The van der Waals surface area contributed by atoms with E-state index in [2.05, 4.69) is 41.4 Å². The van der Waals surface area contributed by atoms with Crippen LogP contribution in [0.15, 0.2) is 24.3 Å². The van der Waals surface area contributed by atoms with Crippen LogP contribution in [-0.2, 0) is 0 Å². The van der Waals surface area contributed by atoms with Gasteiger partial charge in [-0.2, -0.15) is 0 Å². The molecule has 21 heavy (non-hydrogen) atoms. The zero-order valence-corrected chi connectivity index (χ0v) is 13.3. The smallest absolute Gasteiger partial charge is 0.118 e. The first-order valence-corrected chi connectivity index (χ1v) is 8.44. The molecule has 3 atom stereocenters. The molecular weight excluding hydrogens is 260 g/mol. The molecule has 0 unspecified atom stereocenters. The summed E-state index contributed by atoms with van der Waals surface area (Å²) in [5.41, 5.74) is 1.38. The molecule has 1 N–H and O–H groups in total. The lowest BCUT2D eigenvalue weighted by molar-refractivity contribution is 0.160. The third-order valence-corrected chi connectivity index (χ3v) is 5.18. The molecule has 3 nitrogen and oxygen atoms in total. The molecule has 2 aliphatic rings. The van der Waals surface area contributed by atoms with Crippen molar-refractivity contribution in [2.45, 2.75) is 57.2 Å². The molecule has 116 valence electrons. The maximum atomic E-state index is 5.25. The Hall–Kier alpha value is -1.06. The van der Waals surface area contributed by atoms with Gasteiger partial charge >= 0.3 is 0 Å². The van der Waals surface area contributed by atoms with Crippen LogP contribution in [0.2, 0.25) is 0 Å². The SMILES string of the molecule is CC[C@H](N[C@@H]1CCN2CCC[C@@H]2C1)c1ccc(OC)cc1. The van der Waals surface area contributed by atoms with Crippen molar-refractivity contribution in [3.05, 3.63) is 29.8 Å². The quantitative estimate of drug-likeness (QED) is 0.899. The standard InChI is InChI=1S/C18H28N2O/c1-3-18(14-6-8-17(21-2)9-7-14)19-15-10-12-20-11-4-5-16(20)13-15/h6-9,15-16,18-19H,3-5,10-13H2,1-2H3/t15-,16-,18+/m1/s1. The van der Waals surface area contributed by atoms with Gasteiger partial charge < -0.3 is 15.0 Å². The predicted molar refractivity (Wildman–Crippen MR) is 86.8 cm³/mol. The van der Waals surface area contributed by atoms with Crippen LogP contribution in [0, 0.1) is 0 Å². The monoisotopic (exact) mass is 288 g/mol. The number of benzene rings is 1. The van der Waals surface area contributed by atoms with Gasteiger partial charge in [0.25, 0.3) is 0 Å². The van der Waals surface area contributed by atoms with Crippen molar-refractivity contribution >= 4 is 0 Å². The third kappa shape index (κ3) is 3.41. The number of hydrogen-bond donors (Lipinski definition) is 1. The molecule has 2 aliphatic heterocycles. The topological polar surface area (TPSA) is 24.5 Å². The van der Waals surface area contributed by atoms with Gasteiger partial charge in [-0.3, -0.25) is 0 Å². The normalized spacial score (nSPS) is 27.3. The molecular formula is C18H28N2O. The van der Waals surface area contributed by atoms with Gasteiger partial charge in [0.1, 0.15) is 5.75 Å². The van der Waals surface area contributed by atoms with Crippen molar-refractivity contribution in [2.24, 2.45) is 0 Å². The fourth-order valence-electron chi connectivity index (χ4n) is 3.95. The Kier molecular flexibility index (Phi) is 4.81. The Morgan fingerprint density at radius 1 is 1.24 bits per heavy atom. The van der Waals surface area contributed by atoms with E-state index in [-0.39, 0.29) is 0 Å². The number of rotatable bonds is 5. The average Bonchev–Trinajstić information content (AvgIpc) is 3.00. The highest BCUT2D eigenvalue weighted by molar-refractivity contribution is 5.29. The highest BCUT2D eigenvalue weighted by Crippen LogP contribution is 2.29. The van der Waals surface area contributed by atoms with Crippen molar-refractivity contribution in [1.29, 1.82) is 0 Å². The average molecular weight is 288 g/mol. The van der Waals surface area contributed by atoms with Crippen LogP contribution in [0.3, 0.4) is 0 Å². The second-order valence-corrected chi connectivity index (χ2v) is 6.45. The van der Waals surface area contributed by atoms with Crippen LogP contribution in [0.1, 0.15) is 50.6 Å². The summed E-state index contributed by atoms with van der Waals surface area (Å²) < 4.78 is 5.25. The minimum atomic E-state index is 0.467. The first kappa shape index (κ1) is 14.9. The number of nitrogens with one attached hydrogen (secondary N) is 1. The van der Waals surface area contributed by atoms with Gasteiger partial charge in [0, 0.05) is 18.1 Å². The highest BCUT2D eigenvalue weighted by Gasteiger charge is 2.32. The van der Waals surface area contributed by atoms with Crippen LogP contribution in [0.5, 0.6) is 5.75 Å². The molecule has 0 bridgehead atoms. The molecule has 0 aromatic heterocycles. The van der Waals surface area contributed by atoms with Crippen molar-refractivity contribution in [1.82, 2.24) is 10.2 Å². The molecule has 3 rings (SSSR count). The maximum Gasteiger partial charge on any atom is 0.118 e. The number of ether oxygens (including phenoxy) is 1. The fraction of sp³-hybridized carbons (Fsp3) is 0.667. The number of methoxy groups -OCH3 is 1. The largest absolute Gasteiger partial charge is 0.497 e. The van der Waals surface area contributed by atoms with E-state index in [1.165, 1.54) is 44.3 Å². The molecule has 0 spiro atoms. The maximum absolute atomic E-state index is 5.25. The van der Waals surface area contributed by atoms with E-state index in [1.807, 2.05) is 0 Å². The predicted octanol–water partition coefficient (Wildman–Crippen LogP) is 3.36. The van der Waals surface area contributed by atoms with Crippen LogP contribution >= 0.6 is 0 Å². The van der Waals surface area contributed by atoms with Crippen LogP contribution < -0.4 is 10.1 Å². The van der Waals surface area contributed by atoms with Gasteiger partial charge in [0.15, 0.2) is 0 Å². The van der Waals surface area contributed by atoms with Crippen molar-refractivity contribution in [2.75, 3.05) is 20.2 Å². The summed E-state index contributed by atoms with van der Waals surface area (Å²) in [5.74, 6) is 0.938. The third-order valence-electron chi connectivity index (χ3n) is 5.18. The second kappa shape index (κ2) is 6.80. The molecule has 0 radical (unpaired) electrons. The number of hydrogen-bond acceptors (Lipinski definition) is 3. The first-order chi connectivity index (χ1) is 10.3. The number of fused-ring (bicyclic) bond motifs is 1. The zero-order valence-electron chi connectivity index (χ0n) is 13.3. The van der Waals surface area contributed by atoms with Crippen LogP contribution in [-0.4, -0.2) is 37.2 Å². The summed E-state index contributed by atoms with van der Waals surface area (Å²) in [5, 5.41) is 3.90. The summed E-state index contributed by atoms with van der Waals surface area (Å²) in [7, 11) is 1.72. The molecule has 1 aromatic rings. The molecule has 2 saturated heterocycles. The Bertz CT molecular complexity index is 445. The Morgan fingerprint density at radius 2 is 2.05 bits per heavy atom. The summed E-state index contributed by atoms with van der Waals surface area (Å²) in [4.78, 5) is 2.69. The Morgan fingerprint density at radius 3 is 2.76 bits per heavy atom. The van der Waals surface area contributed by atoms with Gasteiger partial charge in [0.05, 0.1) is 7.11 Å². The van der Waals surface area contributed by atoms with E-state index in [9.17, 15) is 0 Å². The van der Waals surface area contributed by atoms with Gasteiger partial charge in [0.2, 0.25) is 0 Å². The second-order valence-electron chi connectivity index (χ2n) is 6.45. The first-order valence-electron chi connectivity index (χ1n) is 8.44. The van der Waals surface area contributed by atoms with E-state index in [4.69, 9.17) is 4.74 Å². The van der Waals surface area contributed by atoms with Crippen molar-refractivity contribution in [3.63, 3.8) is 0 Å². The lowest BCUT2D eigenvalue weighted by atomic mass is 9.95. The summed E-state index contributed by atoms with van der Waals surface area (Å²) in [6.45, 7) is 4.88. The fourth-order valence-corrected chi connectivity index (χ4v) is 3.95. The summed E-state index contributed by atoms with van der Waals surface area (Å²) in [6.07, 6.45) is 6.55. The van der Waals surface area contributed by atoms with Gasteiger partial charge in [-0.05, 0) is 62.9 Å². The zero-order chi connectivity index (χ0) is 14.7. The van der Waals surface area contributed by atoms with Crippen LogP contribution in [0.4, 0.5) is 0 Å². The van der Waals surface area contributed by atoms with Gasteiger partial charge in [-0.15, -0.1) is 0 Å². The molecule has 3 heteroatoms. The van der Waals surface area contributed by atoms with E-state index < -0.39 is 0 Å². The van der Waals surface area contributed by atoms with E-state index in [0.717, 1.165) is 18.2 Å². The highest BCUT2D eigenvalue weighted by atomic mass is 16.5. The molecule has 0 amide bonds. The molecule has 1 aromatic carbocycles.